The van der Waals surface area contributed by atoms with Crippen LogP contribution >= 0.6 is 0 Å². The summed E-state index contributed by atoms with van der Waals surface area (Å²) >= 11 is 0. The predicted molar refractivity (Wildman–Crippen MR) is 115 cm³/mol. The van der Waals surface area contributed by atoms with E-state index in [4.69, 9.17) is 9.84 Å². The maximum Gasteiger partial charge on any atom is 0.321 e. The average molecular weight is 422 g/mol. The van der Waals surface area contributed by atoms with Gasteiger partial charge in [-0.3, -0.25) is 9.48 Å². The molecule has 5 rings (SSSR count). The summed E-state index contributed by atoms with van der Waals surface area (Å²) in [4.78, 5) is 12.8. The van der Waals surface area contributed by atoms with Gasteiger partial charge in [0.1, 0.15) is 5.75 Å². The van der Waals surface area contributed by atoms with Crippen molar-refractivity contribution in [3.63, 3.8) is 0 Å². The molecule has 8 nitrogen and oxygen atoms in total. The van der Waals surface area contributed by atoms with Crippen LogP contribution in [0.1, 0.15) is 60.7 Å². The van der Waals surface area contributed by atoms with Crippen molar-refractivity contribution in [3.05, 3.63) is 53.1 Å². The number of aliphatic hydroxyl groups excluding tert-OH is 1. The molecule has 162 valence electrons. The molecule has 2 aromatic heterocycles. The molecule has 0 saturated heterocycles. The Morgan fingerprint density at radius 1 is 1.23 bits per heavy atom. The van der Waals surface area contributed by atoms with Crippen LogP contribution in [0, 0.1) is 12.1 Å². The molecule has 2 N–H and O–H groups in total. The van der Waals surface area contributed by atoms with Gasteiger partial charge in [0.25, 0.3) is 5.69 Å². The van der Waals surface area contributed by atoms with Crippen LogP contribution in [-0.2, 0) is 0 Å². The van der Waals surface area contributed by atoms with Gasteiger partial charge in [-0.25, -0.2) is 0 Å². The smallest absolute Gasteiger partial charge is 0.321 e. The molecule has 0 atom stereocenters. The van der Waals surface area contributed by atoms with Crippen molar-refractivity contribution in [2.75, 3.05) is 5.32 Å². The van der Waals surface area contributed by atoms with E-state index in [1.54, 1.807) is 19.1 Å². The molecule has 0 aliphatic heterocycles. The van der Waals surface area contributed by atoms with Crippen LogP contribution in [0.2, 0.25) is 0 Å². The van der Waals surface area contributed by atoms with Crippen molar-refractivity contribution in [1.29, 1.82) is 0 Å². The highest BCUT2D eigenvalue weighted by atomic mass is 16.5. The Morgan fingerprint density at radius 3 is 2.74 bits per heavy atom. The van der Waals surface area contributed by atoms with E-state index in [1.807, 2.05) is 23.0 Å². The SMILES string of the molecule is Cc1cccc(C(=O)Nc2cc3cn(C4CCC(O)CC4)nc3cc2OC2CC2)[n+]1[O-]. The van der Waals surface area contributed by atoms with E-state index >= 15 is 0 Å². The summed E-state index contributed by atoms with van der Waals surface area (Å²) in [6.45, 7) is 1.66. The van der Waals surface area contributed by atoms with Gasteiger partial charge in [-0.15, -0.1) is 0 Å². The van der Waals surface area contributed by atoms with Gasteiger partial charge in [-0.1, -0.05) is 0 Å². The zero-order valence-corrected chi connectivity index (χ0v) is 17.5. The molecule has 0 radical (unpaired) electrons. The minimum absolute atomic E-state index is 0.0360. The van der Waals surface area contributed by atoms with Crippen LogP contribution in [0.25, 0.3) is 10.9 Å². The Bertz CT molecular complexity index is 1130. The molecule has 8 heteroatoms. The second-order valence-corrected chi connectivity index (χ2v) is 8.60. The lowest BCUT2D eigenvalue weighted by atomic mass is 9.93. The zero-order valence-electron chi connectivity index (χ0n) is 17.5. The highest BCUT2D eigenvalue weighted by Gasteiger charge is 2.27. The summed E-state index contributed by atoms with van der Waals surface area (Å²) in [5.74, 6) is 0.0881. The topological polar surface area (TPSA) is 103 Å². The molecule has 0 spiro atoms. The van der Waals surface area contributed by atoms with Crippen molar-refractivity contribution in [2.45, 2.75) is 63.7 Å². The van der Waals surface area contributed by atoms with Gasteiger partial charge in [0, 0.05) is 36.7 Å². The third-order valence-electron chi connectivity index (χ3n) is 6.09. The van der Waals surface area contributed by atoms with Gasteiger partial charge in [0.15, 0.2) is 5.69 Å². The number of nitrogens with zero attached hydrogens (tertiary/aromatic N) is 3. The number of amides is 1. The van der Waals surface area contributed by atoms with Crippen LogP contribution in [0.4, 0.5) is 5.69 Å². The molecule has 2 aliphatic rings. The lowest BCUT2D eigenvalue weighted by Gasteiger charge is -2.25. The molecule has 3 aromatic rings. The second kappa shape index (κ2) is 7.85. The number of hydrogen-bond donors (Lipinski definition) is 2. The molecule has 1 amide bonds. The number of pyridine rings is 1. The quantitative estimate of drug-likeness (QED) is 0.485. The first-order valence-corrected chi connectivity index (χ1v) is 10.9. The number of anilines is 1. The van der Waals surface area contributed by atoms with Crippen molar-refractivity contribution >= 4 is 22.5 Å². The number of aryl methyl sites for hydroxylation is 1. The first-order chi connectivity index (χ1) is 15.0. The van der Waals surface area contributed by atoms with Crippen LogP contribution in [0.5, 0.6) is 5.75 Å². The van der Waals surface area contributed by atoms with E-state index in [0.29, 0.717) is 21.9 Å². The fourth-order valence-electron chi connectivity index (χ4n) is 4.10. The van der Waals surface area contributed by atoms with E-state index in [1.165, 1.54) is 6.07 Å². The van der Waals surface area contributed by atoms with Crippen LogP contribution < -0.4 is 14.8 Å². The maximum absolute atomic E-state index is 12.8. The standard InChI is InChI=1S/C23H26N4O4/c1-14-3-2-4-21(27(14)30)23(29)24-20-11-15-13-26(16-5-7-17(28)8-6-16)25-19(15)12-22(20)31-18-9-10-18/h2-4,11-13,16-18,28H,5-10H2,1H3,(H,24,29). The van der Waals surface area contributed by atoms with Crippen LogP contribution in [0.3, 0.4) is 0 Å². The lowest BCUT2D eigenvalue weighted by Crippen LogP contribution is -2.39. The predicted octanol–water partition coefficient (Wildman–Crippen LogP) is 3.25. The van der Waals surface area contributed by atoms with Gasteiger partial charge in [0.05, 0.1) is 29.5 Å². The minimum atomic E-state index is -0.479. The monoisotopic (exact) mass is 422 g/mol. The molecular formula is C23H26N4O4. The molecule has 1 aromatic carbocycles. The highest BCUT2D eigenvalue weighted by molar-refractivity contribution is 6.04. The van der Waals surface area contributed by atoms with Gasteiger partial charge >= 0.3 is 5.91 Å². The van der Waals surface area contributed by atoms with Gasteiger partial charge in [-0.05, 0) is 50.7 Å². The summed E-state index contributed by atoms with van der Waals surface area (Å²) in [6.07, 6.45) is 7.24. The number of aromatic nitrogens is 3. The van der Waals surface area contributed by atoms with Crippen molar-refractivity contribution in [1.82, 2.24) is 9.78 Å². The fourth-order valence-corrected chi connectivity index (χ4v) is 4.10. The van der Waals surface area contributed by atoms with Crippen LogP contribution in [0.15, 0.2) is 36.5 Å². The van der Waals surface area contributed by atoms with Gasteiger partial charge < -0.3 is 20.4 Å². The largest absolute Gasteiger partial charge is 0.618 e. The van der Waals surface area contributed by atoms with Crippen molar-refractivity contribution in [2.24, 2.45) is 0 Å². The van der Waals surface area contributed by atoms with E-state index in [2.05, 4.69) is 5.32 Å². The first kappa shape index (κ1) is 19.8. The average Bonchev–Trinajstić information content (AvgIpc) is 3.47. The Morgan fingerprint density at radius 2 is 2.00 bits per heavy atom. The Labute approximate surface area is 180 Å². The summed E-state index contributed by atoms with van der Waals surface area (Å²) < 4.78 is 8.64. The zero-order chi connectivity index (χ0) is 21.5. The Kier molecular flexibility index (Phi) is 5.02. The third-order valence-corrected chi connectivity index (χ3v) is 6.09. The van der Waals surface area contributed by atoms with E-state index in [-0.39, 0.29) is 23.9 Å². The number of aliphatic hydroxyl groups is 1. The molecule has 0 unspecified atom stereocenters. The number of hydrogen-bond acceptors (Lipinski definition) is 5. The molecule has 2 fully saturated rings. The molecule has 31 heavy (non-hydrogen) atoms. The van der Waals surface area contributed by atoms with E-state index in [9.17, 15) is 15.1 Å². The Balaban J connectivity index is 1.46. The van der Waals surface area contributed by atoms with E-state index in [0.717, 1.165) is 49.4 Å². The molecule has 0 bridgehead atoms. The number of carbonyl (C=O) groups excluding carboxylic acids is 1. The van der Waals surface area contributed by atoms with Crippen molar-refractivity contribution < 1.29 is 19.4 Å². The normalized spacial score (nSPS) is 21.2. The lowest BCUT2D eigenvalue weighted by molar-refractivity contribution is -0.614. The molecule has 2 saturated carbocycles. The Hall–Kier alpha value is -3.13. The summed E-state index contributed by atoms with van der Waals surface area (Å²) in [5, 5.41) is 30.6. The number of benzene rings is 1. The first-order valence-electron chi connectivity index (χ1n) is 10.9. The number of carbonyl (C=O) groups is 1. The molecule has 2 aliphatic carbocycles. The number of ether oxygens (including phenoxy) is 1. The fraction of sp³-hybridized carbons (Fsp3) is 0.435. The van der Waals surface area contributed by atoms with Crippen molar-refractivity contribution in [3.8, 4) is 5.75 Å². The summed E-state index contributed by atoms with van der Waals surface area (Å²) in [5.41, 5.74) is 1.82. The molecular weight excluding hydrogens is 396 g/mol. The number of nitrogens with one attached hydrogen (secondary N) is 1. The summed E-state index contributed by atoms with van der Waals surface area (Å²) in [7, 11) is 0. The van der Waals surface area contributed by atoms with Gasteiger partial charge in [0.2, 0.25) is 0 Å². The maximum atomic E-state index is 12.8. The third kappa shape index (κ3) is 4.07. The minimum Gasteiger partial charge on any atom is -0.618 e. The second-order valence-electron chi connectivity index (χ2n) is 8.60. The highest BCUT2D eigenvalue weighted by Crippen LogP contribution is 2.36. The summed E-state index contributed by atoms with van der Waals surface area (Å²) in [6, 6.07) is 8.83. The molecule has 2 heterocycles. The van der Waals surface area contributed by atoms with E-state index < -0.39 is 5.91 Å². The number of rotatable bonds is 5. The van der Waals surface area contributed by atoms with Crippen LogP contribution in [-0.4, -0.2) is 33.0 Å². The van der Waals surface area contributed by atoms with Gasteiger partial charge in [-0.2, -0.15) is 9.83 Å². The number of fused-ring (bicyclic) bond motifs is 1.